The van der Waals surface area contributed by atoms with E-state index in [4.69, 9.17) is 9.84 Å². The molecule has 1 rings (SSSR count). The van der Waals surface area contributed by atoms with Crippen LogP contribution < -0.4 is 10.1 Å². The van der Waals surface area contributed by atoms with Gasteiger partial charge in [0.15, 0.2) is 0 Å². The molecule has 1 amide bonds. The summed E-state index contributed by atoms with van der Waals surface area (Å²) in [6, 6.07) is 7.62. The minimum absolute atomic E-state index is 0.000300. The number of aliphatic carboxylic acids is 1. The number of rotatable bonds is 7. The molecule has 0 aromatic heterocycles. The summed E-state index contributed by atoms with van der Waals surface area (Å²) in [6.45, 7) is 2.68. The van der Waals surface area contributed by atoms with Gasteiger partial charge in [-0.1, -0.05) is 18.2 Å². The number of aryl methyl sites for hydroxylation is 1. The molecule has 0 aliphatic heterocycles. The summed E-state index contributed by atoms with van der Waals surface area (Å²) in [7, 11) is 0. The number of ether oxygens (including phenoxy) is 1. The zero-order valence-corrected chi connectivity index (χ0v) is 10.3. The Kier molecular flexibility index (Phi) is 5.70. The number of hydrogen-bond donors (Lipinski definition) is 2. The van der Waals surface area contributed by atoms with Gasteiger partial charge in [-0.05, 0) is 18.6 Å². The van der Waals surface area contributed by atoms with Gasteiger partial charge in [0.1, 0.15) is 12.4 Å². The molecule has 0 radical (unpaired) electrons. The number of carboxylic acid groups (broad SMARTS) is 1. The standard InChI is InChI=1S/C13H17NO4/c1-10-4-2-3-5-11(10)18-9-8-14-12(15)6-7-13(16)17/h2-5H,6-9H2,1H3,(H,14,15)(H,16,17). The lowest BCUT2D eigenvalue weighted by Gasteiger charge is -2.09. The van der Waals surface area contributed by atoms with Gasteiger partial charge in [0, 0.05) is 6.42 Å². The molecule has 2 N–H and O–H groups in total. The van der Waals surface area contributed by atoms with E-state index in [0.717, 1.165) is 11.3 Å². The molecule has 18 heavy (non-hydrogen) atoms. The van der Waals surface area contributed by atoms with Crippen molar-refractivity contribution in [3.05, 3.63) is 29.8 Å². The van der Waals surface area contributed by atoms with Crippen LogP contribution in [0.25, 0.3) is 0 Å². The van der Waals surface area contributed by atoms with Crippen molar-refractivity contribution in [3.8, 4) is 5.75 Å². The predicted octanol–water partition coefficient (Wildman–Crippen LogP) is 1.35. The number of benzene rings is 1. The van der Waals surface area contributed by atoms with Crippen LogP contribution >= 0.6 is 0 Å². The van der Waals surface area contributed by atoms with Gasteiger partial charge in [0.2, 0.25) is 5.91 Å². The molecule has 0 aliphatic rings. The van der Waals surface area contributed by atoms with E-state index in [9.17, 15) is 9.59 Å². The fourth-order valence-corrected chi connectivity index (χ4v) is 1.38. The zero-order chi connectivity index (χ0) is 13.4. The van der Waals surface area contributed by atoms with Gasteiger partial charge in [-0.15, -0.1) is 0 Å². The fourth-order valence-electron chi connectivity index (χ4n) is 1.38. The average molecular weight is 251 g/mol. The Morgan fingerprint density at radius 1 is 1.28 bits per heavy atom. The molecule has 0 saturated carbocycles. The molecule has 1 aromatic carbocycles. The second-order valence-corrected chi connectivity index (χ2v) is 3.86. The SMILES string of the molecule is Cc1ccccc1OCCNC(=O)CCC(=O)O. The molecule has 0 saturated heterocycles. The molecular formula is C13H17NO4. The summed E-state index contributed by atoms with van der Waals surface area (Å²) in [5, 5.41) is 11.0. The van der Waals surface area contributed by atoms with Crippen LogP contribution in [0.15, 0.2) is 24.3 Å². The van der Waals surface area contributed by atoms with Gasteiger partial charge >= 0.3 is 5.97 Å². The summed E-state index contributed by atoms with van der Waals surface area (Å²) in [6.07, 6.45) is -0.149. The maximum atomic E-state index is 11.2. The minimum Gasteiger partial charge on any atom is -0.491 e. The summed E-state index contributed by atoms with van der Waals surface area (Å²) in [4.78, 5) is 21.4. The van der Waals surface area contributed by atoms with Crippen molar-refractivity contribution in [2.24, 2.45) is 0 Å². The highest BCUT2D eigenvalue weighted by atomic mass is 16.5. The first-order chi connectivity index (χ1) is 8.59. The van der Waals surface area contributed by atoms with Crippen molar-refractivity contribution in [2.45, 2.75) is 19.8 Å². The molecular weight excluding hydrogens is 234 g/mol. The van der Waals surface area contributed by atoms with E-state index in [1.807, 2.05) is 31.2 Å². The molecule has 0 unspecified atom stereocenters. The third-order valence-corrected chi connectivity index (χ3v) is 2.34. The first kappa shape index (κ1) is 14.0. The minimum atomic E-state index is -0.971. The predicted molar refractivity (Wildman–Crippen MR) is 66.6 cm³/mol. The van der Waals surface area contributed by atoms with Crippen LogP contribution in [0.4, 0.5) is 0 Å². The quantitative estimate of drug-likeness (QED) is 0.717. The number of hydrogen-bond acceptors (Lipinski definition) is 3. The Morgan fingerprint density at radius 2 is 2.00 bits per heavy atom. The lowest BCUT2D eigenvalue weighted by molar-refractivity contribution is -0.138. The second kappa shape index (κ2) is 7.32. The first-order valence-corrected chi connectivity index (χ1v) is 5.76. The Hall–Kier alpha value is -2.04. The van der Waals surface area contributed by atoms with Crippen LogP contribution in [-0.4, -0.2) is 30.1 Å². The molecule has 1 aromatic rings. The lowest BCUT2D eigenvalue weighted by atomic mass is 10.2. The van der Waals surface area contributed by atoms with E-state index >= 15 is 0 Å². The van der Waals surface area contributed by atoms with Gasteiger partial charge in [0.25, 0.3) is 0 Å². The van der Waals surface area contributed by atoms with Crippen LogP contribution in [-0.2, 0) is 9.59 Å². The Bertz CT molecular complexity index is 417. The molecule has 5 heteroatoms. The van der Waals surface area contributed by atoms with Crippen LogP contribution in [0.1, 0.15) is 18.4 Å². The number of carbonyl (C=O) groups excluding carboxylic acids is 1. The molecule has 0 heterocycles. The van der Waals surface area contributed by atoms with E-state index in [0.29, 0.717) is 13.2 Å². The monoisotopic (exact) mass is 251 g/mol. The highest BCUT2D eigenvalue weighted by Crippen LogP contribution is 2.15. The van der Waals surface area contributed by atoms with E-state index < -0.39 is 5.97 Å². The summed E-state index contributed by atoms with van der Waals surface area (Å²) in [5.74, 6) is -0.454. The van der Waals surface area contributed by atoms with Crippen LogP contribution in [0.5, 0.6) is 5.75 Å². The molecule has 0 fully saturated rings. The third-order valence-electron chi connectivity index (χ3n) is 2.34. The number of amides is 1. The largest absolute Gasteiger partial charge is 0.491 e. The number of nitrogens with one attached hydrogen (secondary N) is 1. The van der Waals surface area contributed by atoms with Crippen molar-refractivity contribution >= 4 is 11.9 Å². The van der Waals surface area contributed by atoms with Crippen LogP contribution in [0.3, 0.4) is 0 Å². The Morgan fingerprint density at radius 3 is 2.67 bits per heavy atom. The fraction of sp³-hybridized carbons (Fsp3) is 0.385. The number of para-hydroxylation sites is 1. The summed E-state index contributed by atoms with van der Waals surface area (Å²) < 4.78 is 5.48. The molecule has 0 aliphatic carbocycles. The van der Waals surface area contributed by atoms with Crippen LogP contribution in [0.2, 0.25) is 0 Å². The van der Waals surface area contributed by atoms with Gasteiger partial charge < -0.3 is 15.2 Å². The smallest absolute Gasteiger partial charge is 0.303 e. The summed E-state index contributed by atoms with van der Waals surface area (Å²) in [5.41, 5.74) is 1.04. The van der Waals surface area contributed by atoms with Crippen molar-refractivity contribution in [1.82, 2.24) is 5.32 Å². The summed E-state index contributed by atoms with van der Waals surface area (Å²) >= 11 is 0. The molecule has 0 atom stereocenters. The second-order valence-electron chi connectivity index (χ2n) is 3.86. The van der Waals surface area contributed by atoms with Crippen molar-refractivity contribution < 1.29 is 19.4 Å². The van der Waals surface area contributed by atoms with E-state index in [2.05, 4.69) is 5.32 Å². The maximum Gasteiger partial charge on any atom is 0.303 e. The van der Waals surface area contributed by atoms with Crippen LogP contribution in [0, 0.1) is 6.92 Å². The van der Waals surface area contributed by atoms with Gasteiger partial charge in [-0.25, -0.2) is 0 Å². The average Bonchev–Trinajstić information content (AvgIpc) is 2.34. The highest BCUT2D eigenvalue weighted by Gasteiger charge is 2.04. The van der Waals surface area contributed by atoms with Gasteiger partial charge in [-0.3, -0.25) is 9.59 Å². The maximum absolute atomic E-state index is 11.2. The Balaban J connectivity index is 2.17. The number of carbonyl (C=O) groups is 2. The van der Waals surface area contributed by atoms with Crippen molar-refractivity contribution in [1.29, 1.82) is 0 Å². The molecule has 0 spiro atoms. The van der Waals surface area contributed by atoms with E-state index in [1.165, 1.54) is 0 Å². The molecule has 5 nitrogen and oxygen atoms in total. The highest BCUT2D eigenvalue weighted by molar-refractivity contribution is 5.80. The van der Waals surface area contributed by atoms with E-state index in [1.54, 1.807) is 0 Å². The Labute approximate surface area is 106 Å². The normalized spacial score (nSPS) is 9.83. The molecule has 0 bridgehead atoms. The lowest BCUT2D eigenvalue weighted by Crippen LogP contribution is -2.28. The number of carboxylic acids is 1. The first-order valence-electron chi connectivity index (χ1n) is 5.76. The molecule has 98 valence electrons. The zero-order valence-electron chi connectivity index (χ0n) is 10.3. The van der Waals surface area contributed by atoms with Crippen molar-refractivity contribution in [2.75, 3.05) is 13.2 Å². The van der Waals surface area contributed by atoms with Gasteiger partial charge in [0.05, 0.1) is 13.0 Å². The third kappa shape index (κ3) is 5.34. The van der Waals surface area contributed by atoms with Crippen molar-refractivity contribution in [3.63, 3.8) is 0 Å². The van der Waals surface area contributed by atoms with Gasteiger partial charge in [-0.2, -0.15) is 0 Å². The topological polar surface area (TPSA) is 75.6 Å². The van der Waals surface area contributed by atoms with E-state index in [-0.39, 0.29) is 18.7 Å².